The van der Waals surface area contributed by atoms with E-state index in [1.807, 2.05) is 0 Å². The number of rotatable bonds is 2. The summed E-state index contributed by atoms with van der Waals surface area (Å²) in [5.41, 5.74) is -1.83. The third-order valence-electron chi connectivity index (χ3n) is 5.96. The molecule has 0 unspecified atom stereocenters. The Morgan fingerprint density at radius 1 is 0.643 bits per heavy atom. The van der Waals surface area contributed by atoms with Gasteiger partial charge >= 0.3 is 0 Å². The third kappa shape index (κ3) is 2.03. The summed E-state index contributed by atoms with van der Waals surface area (Å²) < 4.78 is 33.3. The number of benzene rings is 2. The topological polar surface area (TPSA) is 95.8 Å². The molecule has 0 saturated carbocycles. The fourth-order valence-electron chi connectivity index (χ4n) is 4.45. The second-order valence-corrected chi connectivity index (χ2v) is 7.46. The summed E-state index contributed by atoms with van der Waals surface area (Å²) in [4.78, 5) is 0. The van der Waals surface area contributed by atoms with E-state index >= 15 is 0 Å². The van der Waals surface area contributed by atoms with Crippen LogP contribution >= 0.6 is 0 Å². The minimum absolute atomic E-state index is 0.0677. The maximum absolute atomic E-state index is 11.4. The van der Waals surface area contributed by atoms with Gasteiger partial charge in [-0.15, -0.1) is 0 Å². The zero-order chi connectivity index (χ0) is 18.9. The van der Waals surface area contributed by atoms with Gasteiger partial charge < -0.3 is 38.6 Å². The number of hydrogen-bond donors (Lipinski definition) is 2. The van der Waals surface area contributed by atoms with Crippen LogP contribution in [0.4, 0.5) is 0 Å². The van der Waals surface area contributed by atoms with Gasteiger partial charge in [0.05, 0.1) is 13.2 Å². The highest BCUT2D eigenvalue weighted by Gasteiger charge is 2.69. The number of ether oxygens (including phenoxy) is 6. The van der Waals surface area contributed by atoms with Crippen molar-refractivity contribution in [1.82, 2.24) is 0 Å². The molecule has 0 aliphatic carbocycles. The lowest BCUT2D eigenvalue weighted by Crippen LogP contribution is -2.54. The van der Waals surface area contributed by atoms with Gasteiger partial charge in [0.15, 0.2) is 34.2 Å². The van der Waals surface area contributed by atoms with E-state index in [9.17, 15) is 10.2 Å². The average Bonchev–Trinajstić information content (AvgIpc) is 3.43. The molecule has 4 aliphatic rings. The Labute approximate surface area is 160 Å². The van der Waals surface area contributed by atoms with Crippen molar-refractivity contribution in [3.8, 4) is 23.0 Å². The molecular formula is C20H18O8. The van der Waals surface area contributed by atoms with Gasteiger partial charge in [-0.1, -0.05) is 12.1 Å². The molecule has 0 aromatic heterocycles. The highest BCUT2D eigenvalue weighted by molar-refractivity contribution is 5.48. The second kappa shape index (κ2) is 5.51. The van der Waals surface area contributed by atoms with Gasteiger partial charge in [0.25, 0.3) is 0 Å². The Bertz CT molecular complexity index is 884. The number of aliphatic hydroxyl groups is 2. The van der Waals surface area contributed by atoms with E-state index in [1.54, 1.807) is 36.4 Å². The summed E-state index contributed by atoms with van der Waals surface area (Å²) in [6.07, 6.45) is -1.52. The first kappa shape index (κ1) is 16.4. The molecule has 0 spiro atoms. The number of fused-ring (bicyclic) bond motifs is 3. The molecule has 146 valence electrons. The van der Waals surface area contributed by atoms with Crippen LogP contribution in [0.3, 0.4) is 0 Å². The first-order chi connectivity index (χ1) is 13.6. The van der Waals surface area contributed by atoms with E-state index < -0.39 is 23.4 Å². The van der Waals surface area contributed by atoms with Crippen molar-refractivity contribution in [2.24, 2.45) is 0 Å². The highest BCUT2D eigenvalue weighted by Crippen LogP contribution is 2.56. The molecule has 0 amide bonds. The molecule has 6 rings (SSSR count). The summed E-state index contributed by atoms with van der Waals surface area (Å²) in [5.74, 6) is 2.47. The summed E-state index contributed by atoms with van der Waals surface area (Å²) in [5, 5.41) is 22.9. The highest BCUT2D eigenvalue weighted by atomic mass is 16.7. The summed E-state index contributed by atoms with van der Waals surface area (Å²) in [6, 6.07) is 10.7. The van der Waals surface area contributed by atoms with Crippen LogP contribution in [0, 0.1) is 0 Å². The van der Waals surface area contributed by atoms with E-state index in [0.717, 1.165) is 0 Å². The van der Waals surface area contributed by atoms with Crippen molar-refractivity contribution >= 4 is 0 Å². The Hall–Kier alpha value is -2.52. The molecule has 2 saturated heterocycles. The van der Waals surface area contributed by atoms with Gasteiger partial charge in [0.2, 0.25) is 13.6 Å². The van der Waals surface area contributed by atoms with Crippen LogP contribution in [-0.4, -0.2) is 48.2 Å². The van der Waals surface area contributed by atoms with Crippen molar-refractivity contribution in [3.63, 3.8) is 0 Å². The maximum Gasteiger partial charge on any atom is 0.231 e. The van der Waals surface area contributed by atoms with Gasteiger partial charge in [0.1, 0.15) is 12.2 Å². The van der Waals surface area contributed by atoms with Gasteiger partial charge in [-0.05, 0) is 35.4 Å². The molecule has 2 aromatic rings. The number of hydrogen-bond acceptors (Lipinski definition) is 8. The van der Waals surface area contributed by atoms with Crippen LogP contribution in [0.15, 0.2) is 36.4 Å². The predicted octanol–water partition coefficient (Wildman–Crippen LogP) is 1.45. The molecule has 4 heterocycles. The molecule has 4 atom stereocenters. The molecule has 2 fully saturated rings. The van der Waals surface area contributed by atoms with Crippen LogP contribution in [0.25, 0.3) is 0 Å². The van der Waals surface area contributed by atoms with Crippen molar-refractivity contribution < 1.29 is 38.6 Å². The van der Waals surface area contributed by atoms with Gasteiger partial charge in [-0.3, -0.25) is 0 Å². The van der Waals surface area contributed by atoms with Crippen LogP contribution in [0.5, 0.6) is 23.0 Å². The summed E-state index contributed by atoms with van der Waals surface area (Å²) in [6.45, 7) is 0.186. The fraction of sp³-hybridized carbons (Fsp3) is 0.400. The van der Waals surface area contributed by atoms with E-state index in [1.165, 1.54) is 0 Å². The Morgan fingerprint density at radius 2 is 1.07 bits per heavy atom. The molecular weight excluding hydrogens is 368 g/mol. The van der Waals surface area contributed by atoms with Crippen LogP contribution in [0.1, 0.15) is 23.3 Å². The second-order valence-electron chi connectivity index (χ2n) is 7.46. The Kier molecular flexibility index (Phi) is 3.24. The van der Waals surface area contributed by atoms with E-state index in [2.05, 4.69) is 0 Å². The molecule has 2 aromatic carbocycles. The van der Waals surface area contributed by atoms with Crippen LogP contribution in [-0.2, 0) is 9.47 Å². The molecule has 0 bridgehead atoms. The lowest BCUT2D eigenvalue weighted by atomic mass is 9.77. The molecule has 28 heavy (non-hydrogen) atoms. The van der Waals surface area contributed by atoms with Gasteiger partial charge in [-0.25, -0.2) is 0 Å². The quantitative estimate of drug-likeness (QED) is 0.801. The monoisotopic (exact) mass is 386 g/mol. The van der Waals surface area contributed by atoms with Crippen molar-refractivity contribution in [3.05, 3.63) is 47.5 Å². The maximum atomic E-state index is 11.4. The average molecular weight is 386 g/mol. The first-order valence-corrected chi connectivity index (χ1v) is 9.06. The predicted molar refractivity (Wildman–Crippen MR) is 92.4 cm³/mol. The lowest BCUT2D eigenvalue weighted by molar-refractivity contribution is -0.113. The lowest BCUT2D eigenvalue weighted by Gasteiger charge is -2.34. The smallest absolute Gasteiger partial charge is 0.231 e. The normalized spacial score (nSPS) is 34.6. The largest absolute Gasteiger partial charge is 0.454 e. The van der Waals surface area contributed by atoms with Crippen molar-refractivity contribution in [2.75, 3.05) is 26.8 Å². The van der Waals surface area contributed by atoms with Crippen LogP contribution in [0.2, 0.25) is 0 Å². The summed E-state index contributed by atoms with van der Waals surface area (Å²) in [7, 11) is 0. The van der Waals surface area contributed by atoms with Crippen molar-refractivity contribution in [1.29, 1.82) is 0 Å². The zero-order valence-corrected chi connectivity index (χ0v) is 14.8. The minimum Gasteiger partial charge on any atom is -0.454 e. The van der Waals surface area contributed by atoms with E-state index in [-0.39, 0.29) is 26.8 Å². The van der Waals surface area contributed by atoms with Crippen LogP contribution < -0.4 is 18.9 Å². The van der Waals surface area contributed by atoms with E-state index in [4.69, 9.17) is 28.4 Å². The van der Waals surface area contributed by atoms with E-state index in [0.29, 0.717) is 34.1 Å². The summed E-state index contributed by atoms with van der Waals surface area (Å²) >= 11 is 0. The standard InChI is InChI=1S/C20H18O8/c21-19-7-24-18(12-2-4-14-16(6-12)28-10-26-14)20(19,22)8-23-17(19)11-1-3-13-15(5-11)27-9-25-13/h1-6,17-18,21-22H,7-10H2/t17-,18-,19+,20+/m0/s1. The van der Waals surface area contributed by atoms with Gasteiger partial charge in [-0.2, -0.15) is 0 Å². The van der Waals surface area contributed by atoms with Gasteiger partial charge in [0, 0.05) is 0 Å². The zero-order valence-electron chi connectivity index (χ0n) is 14.8. The minimum atomic E-state index is -1.61. The molecule has 4 aliphatic heterocycles. The molecule has 2 N–H and O–H groups in total. The van der Waals surface area contributed by atoms with Crippen molar-refractivity contribution in [2.45, 2.75) is 23.4 Å². The molecule has 8 nitrogen and oxygen atoms in total. The third-order valence-corrected chi connectivity index (χ3v) is 5.96. The fourth-order valence-corrected chi connectivity index (χ4v) is 4.45. The Balaban J connectivity index is 1.35. The Morgan fingerprint density at radius 3 is 1.54 bits per heavy atom. The molecule has 8 heteroatoms. The SMILES string of the molecule is O[C@@]12CO[C@@H](c3ccc4c(c3)OCO4)[C@]1(O)CO[C@H]2c1ccc2c(c1)OCO2. The molecule has 0 radical (unpaired) electrons. The first-order valence-electron chi connectivity index (χ1n) is 9.06.